The molecule has 1 rings (SSSR count). The Balaban J connectivity index is 2.44. The summed E-state index contributed by atoms with van der Waals surface area (Å²) in [5, 5.41) is 20.7. The van der Waals surface area contributed by atoms with E-state index in [2.05, 4.69) is 11.2 Å². The lowest BCUT2D eigenvalue weighted by Crippen LogP contribution is -2.30. The van der Waals surface area contributed by atoms with Gasteiger partial charge in [-0.3, -0.25) is 4.79 Å². The monoisotopic (exact) mass is 245 g/mol. The molecule has 1 amide bonds. The maximum atomic E-state index is 11.6. The Morgan fingerprint density at radius 2 is 2.17 bits per heavy atom. The molecule has 0 saturated heterocycles. The quantitative estimate of drug-likeness (QED) is 0.388. The Morgan fingerprint density at radius 1 is 1.39 bits per heavy atom. The molecule has 0 aliphatic rings. The van der Waals surface area contributed by atoms with Crippen LogP contribution in [0.1, 0.15) is 25.7 Å². The number of benzene rings is 1. The lowest BCUT2D eigenvalue weighted by Gasteiger charge is -2.06. The number of unbranched alkanes of at least 4 members (excludes halogenated alkanes) is 2. The van der Waals surface area contributed by atoms with E-state index in [1.807, 2.05) is 0 Å². The van der Waals surface area contributed by atoms with Crippen LogP contribution >= 0.6 is 0 Å². The van der Waals surface area contributed by atoms with Crippen LogP contribution in [0.3, 0.4) is 0 Å². The molecule has 0 spiro atoms. The summed E-state index contributed by atoms with van der Waals surface area (Å²) >= 11 is 0. The zero-order valence-electron chi connectivity index (χ0n) is 10.1. The van der Waals surface area contributed by atoms with Gasteiger partial charge in [-0.2, -0.15) is 0 Å². The van der Waals surface area contributed by atoms with Crippen LogP contribution in [0.5, 0.6) is 0 Å². The normalized spacial score (nSPS) is 9.61. The third-order valence-corrected chi connectivity index (χ3v) is 2.44. The lowest BCUT2D eigenvalue weighted by atomic mass is 9.80. The van der Waals surface area contributed by atoms with Crippen molar-refractivity contribution in [3.05, 3.63) is 24.3 Å². The Labute approximate surface area is 107 Å². The molecule has 3 N–H and O–H groups in total. The maximum Gasteiger partial charge on any atom is 0.488 e. The van der Waals surface area contributed by atoms with Crippen molar-refractivity contribution in [1.29, 1.82) is 0 Å². The molecule has 94 valence electrons. The van der Waals surface area contributed by atoms with Crippen molar-refractivity contribution in [2.45, 2.75) is 25.7 Å². The maximum absolute atomic E-state index is 11.6. The predicted molar refractivity (Wildman–Crippen MR) is 72.2 cm³/mol. The van der Waals surface area contributed by atoms with Crippen molar-refractivity contribution in [1.82, 2.24) is 0 Å². The summed E-state index contributed by atoms with van der Waals surface area (Å²) in [5.41, 5.74) is 0.905. The van der Waals surface area contributed by atoms with E-state index >= 15 is 0 Å². The van der Waals surface area contributed by atoms with Crippen LogP contribution in [-0.2, 0) is 4.79 Å². The summed E-state index contributed by atoms with van der Waals surface area (Å²) in [6, 6.07) is 6.46. The fraction of sp³-hybridized carbons (Fsp3) is 0.308. The van der Waals surface area contributed by atoms with Gasteiger partial charge in [0.1, 0.15) is 0 Å². The SMILES string of the molecule is C#CCCCCC(=O)Nc1cccc(B(O)O)c1. The highest BCUT2D eigenvalue weighted by Gasteiger charge is 2.11. The van der Waals surface area contributed by atoms with Gasteiger partial charge in [0, 0.05) is 18.5 Å². The molecular weight excluding hydrogens is 229 g/mol. The molecule has 0 aromatic heterocycles. The van der Waals surface area contributed by atoms with E-state index in [0.717, 1.165) is 12.8 Å². The van der Waals surface area contributed by atoms with Crippen LogP contribution in [0.4, 0.5) is 5.69 Å². The molecule has 0 bridgehead atoms. The average Bonchev–Trinajstić information content (AvgIpc) is 2.35. The van der Waals surface area contributed by atoms with Gasteiger partial charge in [0.2, 0.25) is 5.91 Å². The van der Waals surface area contributed by atoms with Gasteiger partial charge in [0.05, 0.1) is 0 Å². The van der Waals surface area contributed by atoms with Gasteiger partial charge >= 0.3 is 7.12 Å². The third-order valence-electron chi connectivity index (χ3n) is 2.44. The first kappa shape index (κ1) is 14.3. The molecule has 1 aromatic carbocycles. The fourth-order valence-electron chi connectivity index (χ4n) is 1.51. The second-order valence-corrected chi connectivity index (χ2v) is 3.96. The van der Waals surface area contributed by atoms with Crippen LogP contribution in [0.25, 0.3) is 0 Å². The van der Waals surface area contributed by atoms with E-state index in [1.165, 1.54) is 6.07 Å². The molecule has 0 heterocycles. The highest BCUT2D eigenvalue weighted by Crippen LogP contribution is 2.06. The number of nitrogens with one attached hydrogen (secondary N) is 1. The van der Waals surface area contributed by atoms with E-state index < -0.39 is 7.12 Å². The number of hydrogen-bond acceptors (Lipinski definition) is 3. The minimum absolute atomic E-state index is 0.100. The van der Waals surface area contributed by atoms with Gasteiger partial charge < -0.3 is 15.4 Å². The molecule has 0 fully saturated rings. The Hall–Kier alpha value is -1.77. The van der Waals surface area contributed by atoms with Gasteiger partial charge in [-0.15, -0.1) is 12.3 Å². The van der Waals surface area contributed by atoms with Crippen molar-refractivity contribution < 1.29 is 14.8 Å². The third kappa shape index (κ3) is 5.04. The van der Waals surface area contributed by atoms with Crippen LogP contribution in [0, 0.1) is 12.3 Å². The first-order chi connectivity index (χ1) is 8.63. The molecule has 0 aliphatic carbocycles. The van der Waals surface area contributed by atoms with E-state index in [-0.39, 0.29) is 5.91 Å². The number of carbonyl (C=O) groups is 1. The summed E-state index contributed by atoms with van der Waals surface area (Å²) in [4.78, 5) is 11.6. The molecule has 1 aromatic rings. The number of amides is 1. The smallest absolute Gasteiger partial charge is 0.423 e. The predicted octanol–water partition coefficient (Wildman–Crippen LogP) is 0.498. The minimum atomic E-state index is -1.53. The summed E-state index contributed by atoms with van der Waals surface area (Å²) in [6.07, 6.45) is 7.79. The summed E-state index contributed by atoms with van der Waals surface area (Å²) < 4.78 is 0. The highest BCUT2D eigenvalue weighted by atomic mass is 16.4. The molecule has 5 heteroatoms. The first-order valence-corrected chi connectivity index (χ1v) is 5.83. The summed E-state index contributed by atoms with van der Waals surface area (Å²) in [7, 11) is -1.53. The van der Waals surface area contributed by atoms with Crippen molar-refractivity contribution in [3.8, 4) is 12.3 Å². The molecule has 0 unspecified atom stereocenters. The fourth-order valence-corrected chi connectivity index (χ4v) is 1.51. The molecule has 0 atom stereocenters. The second-order valence-electron chi connectivity index (χ2n) is 3.96. The van der Waals surface area contributed by atoms with E-state index in [9.17, 15) is 4.79 Å². The van der Waals surface area contributed by atoms with Gasteiger partial charge in [0.25, 0.3) is 0 Å². The largest absolute Gasteiger partial charge is 0.488 e. The van der Waals surface area contributed by atoms with Crippen LogP contribution in [0.2, 0.25) is 0 Å². The molecule has 18 heavy (non-hydrogen) atoms. The Kier molecular flexibility index (Phi) is 5.99. The van der Waals surface area contributed by atoms with Gasteiger partial charge in [-0.25, -0.2) is 0 Å². The molecule has 0 saturated carbocycles. The zero-order valence-corrected chi connectivity index (χ0v) is 10.1. The summed E-state index contributed by atoms with van der Waals surface area (Å²) in [5.74, 6) is 2.42. The van der Waals surface area contributed by atoms with Crippen molar-refractivity contribution in [3.63, 3.8) is 0 Å². The van der Waals surface area contributed by atoms with Crippen LogP contribution < -0.4 is 10.8 Å². The summed E-state index contributed by atoms with van der Waals surface area (Å²) in [6.45, 7) is 0. The topological polar surface area (TPSA) is 69.6 Å². The lowest BCUT2D eigenvalue weighted by molar-refractivity contribution is -0.116. The van der Waals surface area contributed by atoms with E-state index in [4.69, 9.17) is 16.5 Å². The van der Waals surface area contributed by atoms with Crippen molar-refractivity contribution >= 4 is 24.2 Å². The number of anilines is 1. The zero-order chi connectivity index (χ0) is 13.4. The van der Waals surface area contributed by atoms with Crippen molar-refractivity contribution in [2.24, 2.45) is 0 Å². The van der Waals surface area contributed by atoms with Crippen molar-refractivity contribution in [2.75, 3.05) is 5.32 Å². The average molecular weight is 245 g/mol. The Morgan fingerprint density at radius 3 is 2.83 bits per heavy atom. The molecule has 0 aliphatic heterocycles. The van der Waals surface area contributed by atoms with Gasteiger partial charge in [-0.05, 0) is 30.4 Å². The number of rotatable bonds is 6. The number of carbonyl (C=O) groups excluding carboxylic acids is 1. The first-order valence-electron chi connectivity index (χ1n) is 5.83. The molecule has 0 radical (unpaired) electrons. The highest BCUT2D eigenvalue weighted by molar-refractivity contribution is 6.58. The van der Waals surface area contributed by atoms with Gasteiger partial charge in [0.15, 0.2) is 0 Å². The molecular formula is C13H16BNO3. The Bertz CT molecular complexity index is 440. The minimum Gasteiger partial charge on any atom is -0.423 e. The van der Waals surface area contributed by atoms with Crippen LogP contribution in [0.15, 0.2) is 24.3 Å². The standard InChI is InChI=1S/C13H16BNO3/c1-2-3-4-5-9-13(16)15-12-8-6-7-11(10-12)14(17)18/h1,6-8,10,17-18H,3-5,9H2,(H,15,16). The van der Waals surface area contributed by atoms with Gasteiger partial charge in [-0.1, -0.05) is 12.1 Å². The number of hydrogen-bond donors (Lipinski definition) is 3. The van der Waals surface area contributed by atoms with E-state index in [1.54, 1.807) is 18.2 Å². The molecule has 4 nitrogen and oxygen atoms in total. The van der Waals surface area contributed by atoms with E-state index in [0.29, 0.717) is 24.0 Å². The van der Waals surface area contributed by atoms with Crippen LogP contribution in [-0.4, -0.2) is 23.1 Å². The number of terminal acetylenes is 1. The second kappa shape index (κ2) is 7.54.